The van der Waals surface area contributed by atoms with Crippen LogP contribution in [0.15, 0.2) is 18.2 Å². The molecule has 2 aromatic rings. The van der Waals surface area contributed by atoms with Crippen LogP contribution in [0.3, 0.4) is 0 Å². The van der Waals surface area contributed by atoms with E-state index in [1.54, 1.807) is 11.3 Å². The third-order valence-electron chi connectivity index (χ3n) is 1.98. The van der Waals surface area contributed by atoms with E-state index in [2.05, 4.69) is 0 Å². The predicted octanol–water partition coefficient (Wildman–Crippen LogP) is 2.80. The molecular weight excluding hydrogens is 204 g/mol. The first-order valence-electron chi connectivity index (χ1n) is 3.84. The highest BCUT2D eigenvalue weighted by molar-refractivity contribution is 7.22. The number of halogens is 1. The third kappa shape index (κ3) is 1.34. The van der Waals surface area contributed by atoms with Gasteiger partial charge in [-0.05, 0) is 18.2 Å². The Labute approximate surface area is 85.1 Å². The molecule has 0 aliphatic heterocycles. The molecule has 1 aromatic heterocycles. The first-order valence-corrected chi connectivity index (χ1v) is 5.20. The largest absolute Gasteiger partial charge is 0.399 e. The Morgan fingerprint density at radius 3 is 2.77 bits per heavy atom. The van der Waals surface area contributed by atoms with E-state index in [9.17, 15) is 0 Å². The van der Waals surface area contributed by atoms with Crippen LogP contribution < -0.4 is 11.5 Å². The molecule has 4 N–H and O–H groups in total. The number of hydrogen-bond acceptors (Lipinski definition) is 3. The zero-order valence-corrected chi connectivity index (χ0v) is 8.45. The maximum atomic E-state index is 5.81. The van der Waals surface area contributed by atoms with Gasteiger partial charge in [0.1, 0.15) is 0 Å². The predicted molar refractivity (Wildman–Crippen MR) is 60.2 cm³/mol. The van der Waals surface area contributed by atoms with Crippen LogP contribution in [0.2, 0.25) is 0 Å². The van der Waals surface area contributed by atoms with Gasteiger partial charge < -0.3 is 11.5 Å². The van der Waals surface area contributed by atoms with E-state index in [0.29, 0.717) is 5.88 Å². The molecule has 0 saturated heterocycles. The average molecular weight is 213 g/mol. The van der Waals surface area contributed by atoms with Gasteiger partial charge in [0, 0.05) is 21.3 Å². The Bertz CT molecular complexity index is 450. The first kappa shape index (κ1) is 8.66. The van der Waals surface area contributed by atoms with Crippen LogP contribution in [0.25, 0.3) is 10.1 Å². The van der Waals surface area contributed by atoms with Crippen LogP contribution in [0, 0.1) is 0 Å². The summed E-state index contributed by atoms with van der Waals surface area (Å²) >= 11 is 7.34. The summed E-state index contributed by atoms with van der Waals surface area (Å²) in [4.78, 5) is 0. The summed E-state index contributed by atoms with van der Waals surface area (Å²) in [6.07, 6.45) is 0. The average Bonchev–Trinajstić information content (AvgIpc) is 2.40. The Morgan fingerprint density at radius 2 is 2.08 bits per heavy atom. The van der Waals surface area contributed by atoms with Crippen molar-refractivity contribution in [2.24, 2.45) is 0 Å². The second-order valence-electron chi connectivity index (χ2n) is 2.83. The van der Waals surface area contributed by atoms with Crippen LogP contribution in [0.1, 0.15) is 5.56 Å². The number of alkyl halides is 1. The summed E-state index contributed by atoms with van der Waals surface area (Å²) in [5.74, 6) is 0.440. The van der Waals surface area contributed by atoms with Gasteiger partial charge in [-0.1, -0.05) is 0 Å². The van der Waals surface area contributed by atoms with Crippen molar-refractivity contribution in [2.45, 2.75) is 5.88 Å². The molecule has 13 heavy (non-hydrogen) atoms. The van der Waals surface area contributed by atoms with Gasteiger partial charge in [-0.3, -0.25) is 0 Å². The zero-order chi connectivity index (χ0) is 9.42. The SMILES string of the molecule is Nc1ccc2sc(N)c(CCl)c2c1. The number of benzene rings is 1. The molecule has 0 unspecified atom stereocenters. The molecule has 0 bridgehead atoms. The van der Waals surface area contributed by atoms with Gasteiger partial charge in [-0.25, -0.2) is 0 Å². The number of hydrogen-bond donors (Lipinski definition) is 2. The van der Waals surface area contributed by atoms with Crippen molar-refractivity contribution in [3.8, 4) is 0 Å². The molecule has 0 radical (unpaired) electrons. The Balaban J connectivity index is 2.80. The van der Waals surface area contributed by atoms with Gasteiger partial charge in [0.25, 0.3) is 0 Å². The molecule has 0 atom stereocenters. The van der Waals surface area contributed by atoms with Crippen LogP contribution in [0.4, 0.5) is 10.7 Å². The fourth-order valence-corrected chi connectivity index (χ4v) is 2.66. The molecule has 68 valence electrons. The van der Waals surface area contributed by atoms with Crippen molar-refractivity contribution in [3.63, 3.8) is 0 Å². The molecule has 0 saturated carbocycles. The van der Waals surface area contributed by atoms with Crippen molar-refractivity contribution in [3.05, 3.63) is 23.8 Å². The minimum absolute atomic E-state index is 0.440. The fraction of sp³-hybridized carbons (Fsp3) is 0.111. The van der Waals surface area contributed by atoms with Crippen molar-refractivity contribution < 1.29 is 0 Å². The second-order valence-corrected chi connectivity index (χ2v) is 4.19. The van der Waals surface area contributed by atoms with Crippen LogP contribution >= 0.6 is 22.9 Å². The molecule has 4 heteroatoms. The smallest absolute Gasteiger partial charge is 0.0913 e. The number of rotatable bonds is 1. The van der Waals surface area contributed by atoms with Crippen molar-refractivity contribution in [1.82, 2.24) is 0 Å². The van der Waals surface area contributed by atoms with Crippen molar-refractivity contribution in [1.29, 1.82) is 0 Å². The van der Waals surface area contributed by atoms with Gasteiger partial charge in [0.05, 0.1) is 10.9 Å². The van der Waals surface area contributed by atoms with Crippen LogP contribution in [-0.4, -0.2) is 0 Å². The minimum Gasteiger partial charge on any atom is -0.399 e. The highest BCUT2D eigenvalue weighted by Gasteiger charge is 2.08. The lowest BCUT2D eigenvalue weighted by Crippen LogP contribution is -1.86. The Morgan fingerprint density at radius 1 is 1.31 bits per heavy atom. The number of thiophene rings is 1. The lowest BCUT2D eigenvalue weighted by atomic mass is 10.2. The number of nitrogens with two attached hydrogens (primary N) is 2. The van der Waals surface area contributed by atoms with Gasteiger partial charge in [0.15, 0.2) is 0 Å². The summed E-state index contributed by atoms with van der Waals surface area (Å²) in [6, 6.07) is 5.76. The lowest BCUT2D eigenvalue weighted by molar-refractivity contribution is 1.49. The number of fused-ring (bicyclic) bond motifs is 1. The van der Waals surface area contributed by atoms with Crippen molar-refractivity contribution in [2.75, 3.05) is 11.5 Å². The summed E-state index contributed by atoms with van der Waals surface area (Å²) in [6.45, 7) is 0. The number of anilines is 2. The van der Waals surface area contributed by atoms with Gasteiger partial charge in [-0.2, -0.15) is 0 Å². The molecule has 0 amide bonds. The Kier molecular flexibility index (Phi) is 2.06. The van der Waals surface area contributed by atoms with E-state index >= 15 is 0 Å². The lowest BCUT2D eigenvalue weighted by Gasteiger charge is -1.95. The summed E-state index contributed by atoms with van der Waals surface area (Å²) in [5.41, 5.74) is 13.2. The molecule has 0 aliphatic rings. The molecule has 2 rings (SSSR count). The van der Waals surface area contributed by atoms with Crippen LogP contribution in [-0.2, 0) is 5.88 Å². The van der Waals surface area contributed by atoms with E-state index < -0.39 is 0 Å². The standard InChI is InChI=1S/C9H9ClN2S/c10-4-7-6-3-5(11)1-2-8(6)13-9(7)12/h1-3H,4,11-12H2. The molecule has 2 nitrogen and oxygen atoms in total. The third-order valence-corrected chi connectivity index (χ3v) is 3.29. The fourth-order valence-electron chi connectivity index (χ4n) is 1.32. The highest BCUT2D eigenvalue weighted by atomic mass is 35.5. The van der Waals surface area contributed by atoms with E-state index in [-0.39, 0.29) is 0 Å². The van der Waals surface area contributed by atoms with Crippen molar-refractivity contribution >= 4 is 43.7 Å². The first-order chi connectivity index (χ1) is 6.22. The maximum Gasteiger partial charge on any atom is 0.0913 e. The molecule has 0 aliphatic carbocycles. The molecule has 1 aromatic carbocycles. The summed E-state index contributed by atoms with van der Waals surface area (Å²) < 4.78 is 1.14. The molecule has 1 heterocycles. The van der Waals surface area contributed by atoms with E-state index in [0.717, 1.165) is 26.3 Å². The van der Waals surface area contributed by atoms with E-state index in [4.69, 9.17) is 23.1 Å². The van der Waals surface area contributed by atoms with Crippen LogP contribution in [0.5, 0.6) is 0 Å². The van der Waals surface area contributed by atoms with E-state index in [1.807, 2.05) is 18.2 Å². The summed E-state index contributed by atoms with van der Waals surface area (Å²) in [7, 11) is 0. The Hall–Kier alpha value is -0.930. The topological polar surface area (TPSA) is 52.0 Å². The second kappa shape index (κ2) is 3.09. The minimum atomic E-state index is 0.440. The monoisotopic (exact) mass is 212 g/mol. The number of nitrogen functional groups attached to an aromatic ring is 2. The molecular formula is C9H9ClN2S. The van der Waals surface area contributed by atoms with Gasteiger partial charge in [-0.15, -0.1) is 22.9 Å². The van der Waals surface area contributed by atoms with Gasteiger partial charge >= 0.3 is 0 Å². The van der Waals surface area contributed by atoms with E-state index in [1.165, 1.54) is 0 Å². The summed E-state index contributed by atoms with van der Waals surface area (Å²) in [5, 5.41) is 1.87. The zero-order valence-electron chi connectivity index (χ0n) is 6.88. The van der Waals surface area contributed by atoms with Gasteiger partial charge in [0.2, 0.25) is 0 Å². The molecule has 0 fully saturated rings. The molecule has 0 spiro atoms. The maximum absolute atomic E-state index is 5.81. The normalized spacial score (nSPS) is 10.8. The quantitative estimate of drug-likeness (QED) is 0.564. The highest BCUT2D eigenvalue weighted by Crippen LogP contribution is 2.35.